The first-order valence-corrected chi connectivity index (χ1v) is 5.17. The lowest BCUT2D eigenvalue weighted by Crippen LogP contribution is -2.06. The zero-order valence-corrected chi connectivity index (χ0v) is 9.20. The Morgan fingerprint density at radius 2 is 2.21 bits per heavy atom. The first-order chi connectivity index (χ1) is 6.79. The van der Waals surface area contributed by atoms with Crippen molar-refractivity contribution in [2.45, 2.75) is 13.1 Å². The van der Waals surface area contributed by atoms with Gasteiger partial charge in [0.25, 0.3) is 0 Å². The Hall–Kier alpha value is -1.000. The van der Waals surface area contributed by atoms with E-state index in [1.165, 1.54) is 0 Å². The molecule has 3 nitrogen and oxygen atoms in total. The molecule has 74 valence electrons. The van der Waals surface area contributed by atoms with Crippen molar-refractivity contribution in [2.75, 3.05) is 0 Å². The Labute approximate surface area is 90.6 Å². The van der Waals surface area contributed by atoms with E-state index in [2.05, 4.69) is 20.5 Å². The molecule has 0 aliphatic rings. The quantitative estimate of drug-likeness (QED) is 0.914. The zero-order chi connectivity index (χ0) is 9.97. The summed E-state index contributed by atoms with van der Waals surface area (Å²) in [6, 6.07) is 7.84. The van der Waals surface area contributed by atoms with E-state index in [-0.39, 0.29) is 0 Å². The average Bonchev–Trinajstić information content (AvgIpc) is 2.76. The van der Waals surface area contributed by atoms with E-state index in [9.17, 15) is 0 Å². The smallest absolute Gasteiger partial charge is 0.169 e. The summed E-state index contributed by atoms with van der Waals surface area (Å²) in [5.74, 6) is 0.919. The Kier molecular flexibility index (Phi) is 2.74. The molecule has 0 unspecified atom stereocenters. The molecule has 0 bridgehead atoms. The van der Waals surface area contributed by atoms with Crippen LogP contribution in [0, 0.1) is 0 Å². The van der Waals surface area contributed by atoms with E-state index in [1.807, 2.05) is 30.5 Å². The minimum absolute atomic E-state index is 0.550. The minimum atomic E-state index is 0.550. The molecule has 0 aliphatic carbocycles. The van der Waals surface area contributed by atoms with Gasteiger partial charge in [0, 0.05) is 18.4 Å². The van der Waals surface area contributed by atoms with Gasteiger partial charge in [0.2, 0.25) is 0 Å². The van der Waals surface area contributed by atoms with Crippen LogP contribution in [0.5, 0.6) is 0 Å². The molecule has 2 aromatic rings. The van der Waals surface area contributed by atoms with Crippen LogP contribution < -0.4 is 5.73 Å². The number of nitrogens with two attached hydrogens (primary N) is 1. The second-order valence-electron chi connectivity index (χ2n) is 3.04. The highest BCUT2D eigenvalue weighted by Crippen LogP contribution is 2.15. The van der Waals surface area contributed by atoms with Crippen molar-refractivity contribution in [3.8, 4) is 0 Å². The van der Waals surface area contributed by atoms with Crippen LogP contribution in [0.15, 0.2) is 39.5 Å². The van der Waals surface area contributed by atoms with E-state index in [1.54, 1.807) is 0 Å². The van der Waals surface area contributed by atoms with Gasteiger partial charge in [0.1, 0.15) is 5.76 Å². The number of aromatic nitrogens is 1. The van der Waals surface area contributed by atoms with Crippen molar-refractivity contribution < 1.29 is 4.42 Å². The first-order valence-electron chi connectivity index (χ1n) is 4.38. The van der Waals surface area contributed by atoms with Crippen molar-refractivity contribution in [1.82, 2.24) is 4.57 Å². The minimum Gasteiger partial charge on any atom is -0.452 e. The third kappa shape index (κ3) is 1.91. The summed E-state index contributed by atoms with van der Waals surface area (Å²) in [6.45, 7) is 1.28. The molecule has 0 saturated heterocycles. The topological polar surface area (TPSA) is 44.1 Å². The fourth-order valence-electron chi connectivity index (χ4n) is 1.39. The molecule has 2 heterocycles. The average molecular weight is 255 g/mol. The molecule has 2 aromatic heterocycles. The predicted octanol–water partition coefficient (Wildman–Crippen LogP) is 2.35. The summed E-state index contributed by atoms with van der Waals surface area (Å²) in [7, 11) is 0. The number of nitrogens with zero attached hydrogens (tertiary/aromatic N) is 1. The third-order valence-corrected chi connectivity index (χ3v) is 2.51. The second-order valence-corrected chi connectivity index (χ2v) is 3.82. The monoisotopic (exact) mass is 254 g/mol. The lowest BCUT2D eigenvalue weighted by atomic mass is 10.4. The van der Waals surface area contributed by atoms with Gasteiger partial charge in [-0.1, -0.05) is 0 Å². The van der Waals surface area contributed by atoms with Gasteiger partial charge in [-0.15, -0.1) is 0 Å². The van der Waals surface area contributed by atoms with Gasteiger partial charge in [-0.3, -0.25) is 0 Å². The zero-order valence-electron chi connectivity index (χ0n) is 7.61. The lowest BCUT2D eigenvalue weighted by Gasteiger charge is -2.04. The van der Waals surface area contributed by atoms with Gasteiger partial charge < -0.3 is 14.7 Å². The summed E-state index contributed by atoms with van der Waals surface area (Å²) in [5, 5.41) is 0. The van der Waals surface area contributed by atoms with Crippen molar-refractivity contribution in [3.05, 3.63) is 46.6 Å². The van der Waals surface area contributed by atoms with E-state index in [4.69, 9.17) is 10.2 Å². The molecule has 2 rings (SSSR count). The molecule has 2 N–H and O–H groups in total. The number of halogens is 1. The molecule has 0 saturated carbocycles. The highest BCUT2D eigenvalue weighted by Gasteiger charge is 2.03. The normalized spacial score (nSPS) is 10.7. The Balaban J connectivity index is 2.18. The second kappa shape index (κ2) is 4.02. The summed E-state index contributed by atoms with van der Waals surface area (Å²) < 4.78 is 8.24. The number of furan rings is 1. The number of hydrogen-bond acceptors (Lipinski definition) is 2. The van der Waals surface area contributed by atoms with Gasteiger partial charge in [0.05, 0.1) is 6.54 Å². The number of hydrogen-bond donors (Lipinski definition) is 1. The highest BCUT2D eigenvalue weighted by molar-refractivity contribution is 9.10. The summed E-state index contributed by atoms with van der Waals surface area (Å²) >= 11 is 3.27. The summed E-state index contributed by atoms with van der Waals surface area (Å²) in [4.78, 5) is 0. The molecular formula is C10H11BrN2O. The predicted molar refractivity (Wildman–Crippen MR) is 57.8 cm³/mol. The van der Waals surface area contributed by atoms with Crippen LogP contribution in [0.1, 0.15) is 11.5 Å². The van der Waals surface area contributed by atoms with Crippen molar-refractivity contribution in [2.24, 2.45) is 5.73 Å². The maximum absolute atomic E-state index is 5.59. The first kappa shape index (κ1) is 9.55. The standard InChI is InChI=1S/C10H11BrN2O/c11-10-4-3-9(14-10)7-13-5-1-2-8(13)6-12/h1-5H,6-7,12H2. The van der Waals surface area contributed by atoms with Crippen LogP contribution in [-0.4, -0.2) is 4.57 Å². The van der Waals surface area contributed by atoms with Crippen LogP contribution in [-0.2, 0) is 13.1 Å². The number of rotatable bonds is 3. The van der Waals surface area contributed by atoms with Crippen LogP contribution in [0.3, 0.4) is 0 Å². The van der Waals surface area contributed by atoms with Gasteiger partial charge in [-0.05, 0) is 40.2 Å². The van der Waals surface area contributed by atoms with Crippen LogP contribution in [0.4, 0.5) is 0 Å². The molecule has 0 aromatic carbocycles. The largest absolute Gasteiger partial charge is 0.452 e. The molecule has 0 spiro atoms. The van der Waals surface area contributed by atoms with Crippen molar-refractivity contribution in [1.29, 1.82) is 0 Å². The van der Waals surface area contributed by atoms with Crippen molar-refractivity contribution in [3.63, 3.8) is 0 Å². The molecule has 0 amide bonds. The maximum atomic E-state index is 5.59. The molecule has 14 heavy (non-hydrogen) atoms. The Morgan fingerprint density at radius 1 is 1.36 bits per heavy atom. The van der Waals surface area contributed by atoms with E-state index in [0.29, 0.717) is 6.54 Å². The van der Waals surface area contributed by atoms with Gasteiger partial charge in [0.15, 0.2) is 4.67 Å². The molecule has 0 radical (unpaired) electrons. The summed E-state index contributed by atoms with van der Waals surface area (Å²) in [6.07, 6.45) is 2.00. The van der Waals surface area contributed by atoms with Gasteiger partial charge in [-0.25, -0.2) is 0 Å². The Morgan fingerprint density at radius 3 is 2.86 bits per heavy atom. The van der Waals surface area contributed by atoms with E-state index in [0.717, 1.165) is 22.7 Å². The van der Waals surface area contributed by atoms with Crippen molar-refractivity contribution >= 4 is 15.9 Å². The highest BCUT2D eigenvalue weighted by atomic mass is 79.9. The van der Waals surface area contributed by atoms with E-state index < -0.39 is 0 Å². The van der Waals surface area contributed by atoms with Crippen LogP contribution in [0.25, 0.3) is 0 Å². The molecule has 4 heteroatoms. The van der Waals surface area contributed by atoms with Crippen LogP contribution >= 0.6 is 15.9 Å². The molecule has 0 aliphatic heterocycles. The van der Waals surface area contributed by atoms with Gasteiger partial charge in [-0.2, -0.15) is 0 Å². The lowest BCUT2D eigenvalue weighted by molar-refractivity contribution is 0.471. The molecule has 0 atom stereocenters. The van der Waals surface area contributed by atoms with Crippen LogP contribution in [0.2, 0.25) is 0 Å². The molecule has 0 fully saturated rings. The summed E-state index contributed by atoms with van der Waals surface area (Å²) in [5.41, 5.74) is 6.70. The fraction of sp³-hybridized carbons (Fsp3) is 0.200. The third-order valence-electron chi connectivity index (χ3n) is 2.09. The van der Waals surface area contributed by atoms with E-state index >= 15 is 0 Å². The molecular weight excluding hydrogens is 244 g/mol. The van der Waals surface area contributed by atoms with Gasteiger partial charge >= 0.3 is 0 Å². The fourth-order valence-corrected chi connectivity index (χ4v) is 1.73. The Bertz CT molecular complexity index is 419. The maximum Gasteiger partial charge on any atom is 0.169 e. The SMILES string of the molecule is NCc1cccn1Cc1ccc(Br)o1.